The standard InChI is InChI=1S/C29H23FN2O3S/c1-34-23-14-7-17(15-24(23)35-2)16-25-28(33)32-27(19-8-11-20(30)12-9-19)22-13-10-18-5-3-4-6-21(18)26(22)31-29(32)36-25/h3-9,11-12,14-16,27H,10,13H2,1-2H3/b25-16+/t27-/m0/s1. The van der Waals surface area contributed by atoms with E-state index >= 15 is 0 Å². The molecule has 0 amide bonds. The third kappa shape index (κ3) is 3.67. The van der Waals surface area contributed by atoms with Crippen molar-refractivity contribution >= 4 is 23.1 Å². The Morgan fingerprint density at radius 3 is 2.56 bits per heavy atom. The van der Waals surface area contributed by atoms with Crippen LogP contribution in [0.3, 0.4) is 0 Å². The van der Waals surface area contributed by atoms with Crippen LogP contribution in [0.5, 0.6) is 11.5 Å². The summed E-state index contributed by atoms with van der Waals surface area (Å²) in [5.74, 6) is 0.914. The van der Waals surface area contributed by atoms with Crippen LogP contribution in [-0.4, -0.2) is 18.8 Å². The number of hydrogen-bond donors (Lipinski definition) is 0. The number of fused-ring (bicyclic) bond motifs is 3. The first kappa shape index (κ1) is 22.5. The van der Waals surface area contributed by atoms with Crippen molar-refractivity contribution in [2.45, 2.75) is 18.9 Å². The fourth-order valence-corrected chi connectivity index (χ4v) is 6.06. The van der Waals surface area contributed by atoms with Gasteiger partial charge in [0.1, 0.15) is 5.82 Å². The molecule has 7 heteroatoms. The van der Waals surface area contributed by atoms with Crippen molar-refractivity contribution < 1.29 is 13.9 Å². The lowest BCUT2D eigenvalue weighted by Gasteiger charge is -2.30. The van der Waals surface area contributed by atoms with Gasteiger partial charge in [-0.2, -0.15) is 0 Å². The lowest BCUT2D eigenvalue weighted by atomic mass is 9.83. The van der Waals surface area contributed by atoms with Crippen LogP contribution in [0.2, 0.25) is 0 Å². The highest BCUT2D eigenvalue weighted by Crippen LogP contribution is 2.41. The van der Waals surface area contributed by atoms with Gasteiger partial charge in [0.15, 0.2) is 16.3 Å². The molecular formula is C29H23FN2O3S. The van der Waals surface area contributed by atoms with Gasteiger partial charge in [0.25, 0.3) is 5.56 Å². The van der Waals surface area contributed by atoms with E-state index in [0.717, 1.165) is 40.8 Å². The molecule has 0 unspecified atom stereocenters. The van der Waals surface area contributed by atoms with Gasteiger partial charge in [0, 0.05) is 5.56 Å². The molecule has 2 aliphatic rings. The predicted octanol–water partition coefficient (Wildman–Crippen LogP) is 4.48. The van der Waals surface area contributed by atoms with Crippen LogP contribution in [0, 0.1) is 5.82 Å². The SMILES string of the molecule is COc1ccc(/C=c2/sc3n(c2=O)[C@@H](c2ccc(F)cc2)C2=C(N=3)c3ccccc3CC2)cc1OC. The molecule has 0 saturated heterocycles. The molecule has 4 aromatic rings. The molecule has 36 heavy (non-hydrogen) atoms. The Morgan fingerprint density at radius 2 is 1.78 bits per heavy atom. The van der Waals surface area contributed by atoms with Crippen molar-refractivity contribution in [1.82, 2.24) is 4.57 Å². The molecule has 1 aliphatic heterocycles. The summed E-state index contributed by atoms with van der Waals surface area (Å²) in [5, 5.41) is 0. The Balaban J connectivity index is 1.58. The molecule has 0 fully saturated rings. The summed E-state index contributed by atoms with van der Waals surface area (Å²) in [6.07, 6.45) is 3.51. The summed E-state index contributed by atoms with van der Waals surface area (Å²) in [6.45, 7) is 0. The van der Waals surface area contributed by atoms with Gasteiger partial charge in [-0.1, -0.05) is 53.8 Å². The predicted molar refractivity (Wildman–Crippen MR) is 139 cm³/mol. The van der Waals surface area contributed by atoms with E-state index in [9.17, 15) is 9.18 Å². The number of hydrogen-bond acceptors (Lipinski definition) is 5. The lowest BCUT2D eigenvalue weighted by molar-refractivity contribution is 0.355. The van der Waals surface area contributed by atoms with Gasteiger partial charge in [0.2, 0.25) is 0 Å². The van der Waals surface area contributed by atoms with Crippen molar-refractivity contribution in [2.24, 2.45) is 4.99 Å². The van der Waals surface area contributed by atoms with Crippen LogP contribution in [0.25, 0.3) is 11.8 Å². The summed E-state index contributed by atoms with van der Waals surface area (Å²) >= 11 is 1.36. The number of methoxy groups -OCH3 is 2. The second-order valence-electron chi connectivity index (χ2n) is 8.78. The number of benzene rings is 3. The normalized spacial score (nSPS) is 16.6. The highest BCUT2D eigenvalue weighted by atomic mass is 32.1. The van der Waals surface area contributed by atoms with E-state index in [1.54, 1.807) is 30.9 Å². The zero-order valence-corrected chi connectivity index (χ0v) is 20.6. The monoisotopic (exact) mass is 498 g/mol. The Kier molecular flexibility index (Phi) is 5.57. The van der Waals surface area contributed by atoms with E-state index in [0.29, 0.717) is 20.8 Å². The molecule has 1 aliphatic carbocycles. The minimum atomic E-state index is -0.335. The lowest BCUT2D eigenvalue weighted by Crippen LogP contribution is -2.38. The van der Waals surface area contributed by atoms with Crippen molar-refractivity contribution in [3.63, 3.8) is 0 Å². The largest absolute Gasteiger partial charge is 0.493 e. The second-order valence-corrected chi connectivity index (χ2v) is 9.79. The molecule has 0 saturated carbocycles. The maximum atomic E-state index is 13.8. The number of nitrogens with zero attached hydrogens (tertiary/aromatic N) is 2. The molecule has 0 radical (unpaired) electrons. The molecular weight excluding hydrogens is 475 g/mol. The molecule has 0 spiro atoms. The molecule has 3 aromatic carbocycles. The van der Waals surface area contributed by atoms with Crippen LogP contribution in [0.15, 0.2) is 82.1 Å². The molecule has 180 valence electrons. The van der Waals surface area contributed by atoms with E-state index in [4.69, 9.17) is 14.5 Å². The summed E-state index contributed by atoms with van der Waals surface area (Å²) in [5.41, 5.74) is 5.94. The summed E-state index contributed by atoms with van der Waals surface area (Å²) in [7, 11) is 3.17. The topological polar surface area (TPSA) is 52.8 Å². The number of aryl methyl sites for hydroxylation is 1. The second kappa shape index (κ2) is 8.91. The first-order valence-corrected chi connectivity index (χ1v) is 12.5. The average molecular weight is 499 g/mol. The zero-order valence-electron chi connectivity index (χ0n) is 19.8. The van der Waals surface area contributed by atoms with Gasteiger partial charge in [-0.15, -0.1) is 0 Å². The van der Waals surface area contributed by atoms with E-state index in [1.165, 1.54) is 29.0 Å². The Hall–Kier alpha value is -3.97. The molecule has 6 rings (SSSR count). The maximum absolute atomic E-state index is 13.8. The quantitative estimate of drug-likeness (QED) is 0.417. The van der Waals surface area contributed by atoms with Crippen LogP contribution in [0.4, 0.5) is 4.39 Å². The average Bonchev–Trinajstić information content (AvgIpc) is 3.22. The van der Waals surface area contributed by atoms with Crippen molar-refractivity contribution in [3.05, 3.63) is 120 Å². The van der Waals surface area contributed by atoms with Crippen LogP contribution in [-0.2, 0) is 6.42 Å². The van der Waals surface area contributed by atoms with Crippen molar-refractivity contribution in [3.8, 4) is 11.5 Å². The summed E-state index contributed by atoms with van der Waals surface area (Å²) in [6, 6.07) is 19.9. The molecule has 0 bridgehead atoms. The van der Waals surface area contributed by atoms with Crippen LogP contribution < -0.4 is 24.4 Å². The summed E-state index contributed by atoms with van der Waals surface area (Å²) < 4.78 is 26.9. The molecule has 0 N–H and O–H groups in total. The fraction of sp³-hybridized carbons (Fsp3) is 0.172. The Morgan fingerprint density at radius 1 is 1.00 bits per heavy atom. The van der Waals surface area contributed by atoms with Gasteiger partial charge >= 0.3 is 0 Å². The zero-order chi connectivity index (χ0) is 24.8. The number of rotatable bonds is 4. The van der Waals surface area contributed by atoms with Gasteiger partial charge in [-0.25, -0.2) is 9.38 Å². The van der Waals surface area contributed by atoms with Crippen LogP contribution in [0.1, 0.15) is 34.7 Å². The number of aromatic nitrogens is 1. The summed E-state index contributed by atoms with van der Waals surface area (Å²) in [4.78, 5) is 19.4. The first-order chi connectivity index (χ1) is 17.6. The van der Waals surface area contributed by atoms with E-state index < -0.39 is 0 Å². The van der Waals surface area contributed by atoms with Gasteiger partial charge in [0.05, 0.1) is 30.5 Å². The minimum Gasteiger partial charge on any atom is -0.493 e. The van der Waals surface area contributed by atoms with E-state index in [2.05, 4.69) is 12.1 Å². The third-order valence-electron chi connectivity index (χ3n) is 6.76. The van der Waals surface area contributed by atoms with Gasteiger partial charge in [-0.3, -0.25) is 9.36 Å². The Bertz CT molecular complexity index is 1700. The van der Waals surface area contributed by atoms with E-state index in [-0.39, 0.29) is 17.4 Å². The van der Waals surface area contributed by atoms with E-state index in [1.807, 2.05) is 36.4 Å². The van der Waals surface area contributed by atoms with Crippen LogP contribution >= 0.6 is 11.3 Å². The highest BCUT2D eigenvalue weighted by molar-refractivity contribution is 7.07. The number of ether oxygens (including phenoxy) is 2. The van der Waals surface area contributed by atoms with Gasteiger partial charge in [-0.05, 0) is 65.4 Å². The molecule has 5 nitrogen and oxygen atoms in total. The number of allylic oxidation sites excluding steroid dienone is 1. The minimum absolute atomic E-state index is 0.117. The van der Waals surface area contributed by atoms with Crippen molar-refractivity contribution in [1.29, 1.82) is 0 Å². The number of thiazole rings is 1. The molecule has 1 atom stereocenters. The maximum Gasteiger partial charge on any atom is 0.271 e. The smallest absolute Gasteiger partial charge is 0.271 e. The molecule has 1 aromatic heterocycles. The van der Waals surface area contributed by atoms with Crippen molar-refractivity contribution in [2.75, 3.05) is 14.2 Å². The third-order valence-corrected chi connectivity index (χ3v) is 7.75. The highest BCUT2D eigenvalue weighted by Gasteiger charge is 2.32. The first-order valence-electron chi connectivity index (χ1n) is 11.7. The molecule has 2 heterocycles. The number of halogens is 1. The fourth-order valence-electron chi connectivity index (χ4n) is 5.06. The van der Waals surface area contributed by atoms with Gasteiger partial charge < -0.3 is 9.47 Å². The Labute approximate surface area is 211 Å².